The molecule has 0 aliphatic heterocycles. The summed E-state index contributed by atoms with van der Waals surface area (Å²) in [5.74, 6) is 0.736. The highest BCUT2D eigenvalue weighted by Crippen LogP contribution is 2.03. The molecule has 0 atom stereocenters. The summed E-state index contributed by atoms with van der Waals surface area (Å²) in [5, 5.41) is 2.92. The van der Waals surface area contributed by atoms with E-state index in [2.05, 4.69) is 19.2 Å². The second kappa shape index (κ2) is 6.23. The van der Waals surface area contributed by atoms with Crippen LogP contribution in [0.4, 0.5) is 0 Å². The zero-order chi connectivity index (χ0) is 11.1. The Hall–Kier alpha value is -1.31. The number of benzene rings is 1. The Labute approximate surface area is 91.7 Å². The summed E-state index contributed by atoms with van der Waals surface area (Å²) in [6.45, 7) is 4.90. The number of carbonyl (C=O) groups excluding carboxylic acids is 1. The summed E-state index contributed by atoms with van der Waals surface area (Å²) < 4.78 is 0. The van der Waals surface area contributed by atoms with Gasteiger partial charge in [0.1, 0.15) is 0 Å². The normalized spacial score (nSPS) is 10.3. The summed E-state index contributed by atoms with van der Waals surface area (Å²) >= 11 is 0. The van der Waals surface area contributed by atoms with Crippen molar-refractivity contribution in [3.63, 3.8) is 0 Å². The zero-order valence-electron chi connectivity index (χ0n) is 9.49. The van der Waals surface area contributed by atoms with Crippen molar-refractivity contribution in [2.75, 3.05) is 0 Å². The van der Waals surface area contributed by atoms with Crippen molar-refractivity contribution in [2.24, 2.45) is 5.92 Å². The lowest BCUT2D eigenvalue weighted by Crippen LogP contribution is -2.22. The number of nitrogens with one attached hydrogen (secondary N) is 1. The van der Waals surface area contributed by atoms with Crippen molar-refractivity contribution in [3.8, 4) is 0 Å². The monoisotopic (exact) mass is 205 g/mol. The van der Waals surface area contributed by atoms with Crippen LogP contribution in [0.25, 0.3) is 0 Å². The summed E-state index contributed by atoms with van der Waals surface area (Å²) in [7, 11) is 0. The number of rotatable bonds is 5. The summed E-state index contributed by atoms with van der Waals surface area (Å²) in [4.78, 5) is 11.4. The molecule has 2 nitrogen and oxygen atoms in total. The minimum absolute atomic E-state index is 0.146. The van der Waals surface area contributed by atoms with Crippen LogP contribution >= 0.6 is 0 Å². The fraction of sp³-hybridized carbons (Fsp3) is 0.462. The van der Waals surface area contributed by atoms with E-state index in [4.69, 9.17) is 0 Å². The summed E-state index contributed by atoms with van der Waals surface area (Å²) in [5.41, 5.74) is 1.15. The second-order valence-corrected chi connectivity index (χ2v) is 4.19. The molecule has 0 aromatic heterocycles. The lowest BCUT2D eigenvalue weighted by molar-refractivity contribution is -0.121. The standard InChI is InChI=1S/C13H19NO/c1-11(2)8-9-13(15)14-10-12-6-4-3-5-7-12/h3-7,11H,8-10H2,1-2H3,(H,14,15). The van der Waals surface area contributed by atoms with E-state index in [-0.39, 0.29) is 5.91 Å². The van der Waals surface area contributed by atoms with Crippen molar-refractivity contribution < 1.29 is 4.79 Å². The second-order valence-electron chi connectivity index (χ2n) is 4.19. The van der Waals surface area contributed by atoms with Crippen molar-refractivity contribution in [1.29, 1.82) is 0 Å². The molecule has 2 heteroatoms. The molecule has 0 spiro atoms. The van der Waals surface area contributed by atoms with Gasteiger partial charge in [-0.25, -0.2) is 0 Å². The fourth-order valence-electron chi connectivity index (χ4n) is 1.30. The molecule has 0 fully saturated rings. The van der Waals surface area contributed by atoms with Gasteiger partial charge in [0.05, 0.1) is 0 Å². The Bertz CT molecular complexity index is 293. The minimum Gasteiger partial charge on any atom is -0.352 e. The smallest absolute Gasteiger partial charge is 0.220 e. The highest BCUT2D eigenvalue weighted by atomic mass is 16.1. The molecule has 1 aromatic carbocycles. The van der Waals surface area contributed by atoms with Crippen LogP contribution in [0.2, 0.25) is 0 Å². The van der Waals surface area contributed by atoms with Crippen LogP contribution in [-0.4, -0.2) is 5.91 Å². The van der Waals surface area contributed by atoms with E-state index in [1.165, 1.54) is 0 Å². The van der Waals surface area contributed by atoms with E-state index in [9.17, 15) is 4.79 Å². The molecule has 0 aliphatic rings. The Morgan fingerprint density at radius 2 is 1.93 bits per heavy atom. The molecule has 1 amide bonds. The molecule has 1 rings (SSSR count). The van der Waals surface area contributed by atoms with Gasteiger partial charge < -0.3 is 5.32 Å². The molecular weight excluding hydrogens is 186 g/mol. The maximum Gasteiger partial charge on any atom is 0.220 e. The fourth-order valence-corrected chi connectivity index (χ4v) is 1.30. The Morgan fingerprint density at radius 3 is 2.53 bits per heavy atom. The van der Waals surface area contributed by atoms with Crippen LogP contribution in [0.3, 0.4) is 0 Å². The molecule has 0 radical (unpaired) electrons. The van der Waals surface area contributed by atoms with Crippen molar-refractivity contribution in [2.45, 2.75) is 33.2 Å². The molecule has 0 saturated heterocycles. The van der Waals surface area contributed by atoms with Crippen LogP contribution in [0.5, 0.6) is 0 Å². The first kappa shape index (κ1) is 11.8. The van der Waals surface area contributed by atoms with Crippen LogP contribution in [0, 0.1) is 5.92 Å². The van der Waals surface area contributed by atoms with Gasteiger partial charge in [-0.1, -0.05) is 44.2 Å². The highest BCUT2D eigenvalue weighted by molar-refractivity contribution is 5.75. The minimum atomic E-state index is 0.146. The van der Waals surface area contributed by atoms with Crippen molar-refractivity contribution >= 4 is 5.91 Å². The molecule has 1 N–H and O–H groups in total. The van der Waals surface area contributed by atoms with Gasteiger partial charge in [-0.3, -0.25) is 4.79 Å². The van der Waals surface area contributed by atoms with E-state index in [0.29, 0.717) is 18.9 Å². The average molecular weight is 205 g/mol. The number of hydrogen-bond donors (Lipinski definition) is 1. The molecule has 1 aromatic rings. The van der Waals surface area contributed by atoms with Gasteiger partial charge in [0.2, 0.25) is 5.91 Å². The van der Waals surface area contributed by atoms with E-state index in [0.717, 1.165) is 12.0 Å². The molecular formula is C13H19NO. The molecule has 0 saturated carbocycles. The van der Waals surface area contributed by atoms with Gasteiger partial charge in [-0.2, -0.15) is 0 Å². The molecule has 82 valence electrons. The number of hydrogen-bond acceptors (Lipinski definition) is 1. The Kier molecular flexibility index (Phi) is 4.88. The van der Waals surface area contributed by atoms with Crippen LogP contribution in [0.1, 0.15) is 32.3 Å². The van der Waals surface area contributed by atoms with Crippen LogP contribution in [0.15, 0.2) is 30.3 Å². The SMILES string of the molecule is CC(C)CCC(=O)NCc1ccccc1. The first-order chi connectivity index (χ1) is 7.18. The topological polar surface area (TPSA) is 29.1 Å². The molecule has 0 bridgehead atoms. The maximum atomic E-state index is 11.4. The van der Waals surface area contributed by atoms with E-state index < -0.39 is 0 Å². The molecule has 0 heterocycles. The predicted molar refractivity (Wildman–Crippen MR) is 62.4 cm³/mol. The molecule has 15 heavy (non-hydrogen) atoms. The van der Waals surface area contributed by atoms with Gasteiger partial charge in [0.15, 0.2) is 0 Å². The van der Waals surface area contributed by atoms with E-state index >= 15 is 0 Å². The van der Waals surface area contributed by atoms with Gasteiger partial charge in [0, 0.05) is 13.0 Å². The third kappa shape index (κ3) is 5.21. The number of amides is 1. The molecule has 0 aliphatic carbocycles. The quantitative estimate of drug-likeness (QED) is 0.786. The van der Waals surface area contributed by atoms with Gasteiger partial charge in [-0.05, 0) is 17.9 Å². The Balaban J connectivity index is 2.23. The largest absolute Gasteiger partial charge is 0.352 e. The van der Waals surface area contributed by atoms with E-state index in [1.807, 2.05) is 30.3 Å². The van der Waals surface area contributed by atoms with Gasteiger partial charge in [-0.15, -0.1) is 0 Å². The summed E-state index contributed by atoms with van der Waals surface area (Å²) in [6.07, 6.45) is 1.59. The maximum absolute atomic E-state index is 11.4. The van der Waals surface area contributed by atoms with E-state index in [1.54, 1.807) is 0 Å². The lowest BCUT2D eigenvalue weighted by atomic mass is 10.1. The van der Waals surface area contributed by atoms with Crippen molar-refractivity contribution in [1.82, 2.24) is 5.32 Å². The molecule has 0 unspecified atom stereocenters. The third-order valence-corrected chi connectivity index (χ3v) is 2.28. The average Bonchev–Trinajstić information content (AvgIpc) is 2.25. The summed E-state index contributed by atoms with van der Waals surface area (Å²) in [6, 6.07) is 9.97. The number of carbonyl (C=O) groups is 1. The predicted octanol–water partition coefficient (Wildman–Crippen LogP) is 2.74. The zero-order valence-corrected chi connectivity index (χ0v) is 9.49. The first-order valence-electron chi connectivity index (χ1n) is 5.49. The first-order valence-corrected chi connectivity index (χ1v) is 5.49. The lowest BCUT2D eigenvalue weighted by Gasteiger charge is -2.06. The Morgan fingerprint density at radius 1 is 1.27 bits per heavy atom. The van der Waals surface area contributed by atoms with Crippen LogP contribution < -0.4 is 5.32 Å². The highest BCUT2D eigenvalue weighted by Gasteiger charge is 2.02. The third-order valence-electron chi connectivity index (χ3n) is 2.28. The van der Waals surface area contributed by atoms with Crippen molar-refractivity contribution in [3.05, 3.63) is 35.9 Å². The van der Waals surface area contributed by atoms with Gasteiger partial charge >= 0.3 is 0 Å². The van der Waals surface area contributed by atoms with Crippen LogP contribution in [-0.2, 0) is 11.3 Å². The van der Waals surface area contributed by atoms with Gasteiger partial charge in [0.25, 0.3) is 0 Å².